The first kappa shape index (κ1) is 27.6. The smallest absolute Gasteiger partial charge is 0.243 e. The highest BCUT2D eigenvalue weighted by Crippen LogP contribution is 2.34. The molecule has 1 aliphatic rings. The van der Waals surface area contributed by atoms with E-state index in [-0.39, 0.29) is 23.5 Å². The van der Waals surface area contributed by atoms with Gasteiger partial charge in [-0.1, -0.05) is 33.6 Å². The highest BCUT2D eigenvalue weighted by molar-refractivity contribution is 8.00. The van der Waals surface area contributed by atoms with Crippen molar-refractivity contribution >= 4 is 34.9 Å². The zero-order chi connectivity index (χ0) is 25.3. The van der Waals surface area contributed by atoms with Crippen molar-refractivity contribution in [3.63, 3.8) is 0 Å². The summed E-state index contributed by atoms with van der Waals surface area (Å²) in [5, 5.41) is 0.724. The monoisotopic (exact) mass is 524 g/mol. The number of nitrogens with two attached hydrogens (primary N) is 1. The summed E-state index contributed by atoms with van der Waals surface area (Å²) in [6, 6.07) is 0. The van der Waals surface area contributed by atoms with Crippen LogP contribution in [0, 0.1) is 0 Å². The fourth-order valence-electron chi connectivity index (χ4n) is 3.54. The summed E-state index contributed by atoms with van der Waals surface area (Å²) in [7, 11) is 0. The fourth-order valence-corrected chi connectivity index (χ4v) is 5.53. The highest BCUT2D eigenvalue weighted by atomic mass is 32.2. The van der Waals surface area contributed by atoms with Gasteiger partial charge in [0.05, 0.1) is 28.3 Å². The lowest BCUT2D eigenvalue weighted by Crippen LogP contribution is -2.32. The van der Waals surface area contributed by atoms with Crippen LogP contribution in [-0.2, 0) is 30.3 Å². The molecule has 0 saturated carbocycles. The number of carbonyl (C=O) groups excluding carboxylic acids is 2. The third kappa shape index (κ3) is 9.21. The summed E-state index contributed by atoms with van der Waals surface area (Å²) in [5.74, 6) is 1.16. The maximum Gasteiger partial charge on any atom is 0.243 e. The van der Waals surface area contributed by atoms with Crippen LogP contribution in [0.4, 0.5) is 0 Å². The molecule has 1 aliphatic heterocycles. The Labute approximate surface area is 214 Å². The van der Waals surface area contributed by atoms with Gasteiger partial charge in [0.1, 0.15) is 10.8 Å². The molecule has 1 fully saturated rings. The first-order chi connectivity index (χ1) is 16.7. The van der Waals surface area contributed by atoms with Gasteiger partial charge in [-0.3, -0.25) is 9.59 Å². The molecule has 11 heteroatoms. The quantitative estimate of drug-likeness (QED) is 0.217. The van der Waals surface area contributed by atoms with Gasteiger partial charge in [-0.15, -0.1) is 23.1 Å². The van der Waals surface area contributed by atoms with Crippen LogP contribution in [0.5, 0.6) is 0 Å². The number of unbranched alkanes of at least 4 members (excludes halogenated alkanes) is 2. The molecule has 9 nitrogen and oxygen atoms in total. The van der Waals surface area contributed by atoms with Crippen molar-refractivity contribution in [2.24, 2.45) is 5.73 Å². The second kappa shape index (κ2) is 13.4. The third-order valence-electron chi connectivity index (χ3n) is 5.61. The molecule has 2 atom stereocenters. The predicted octanol–water partition coefficient (Wildman–Crippen LogP) is 4.81. The molecule has 194 valence electrons. The Bertz CT molecular complexity index is 950. The Kier molecular flexibility index (Phi) is 10.6. The van der Waals surface area contributed by atoms with Crippen LogP contribution in [0.1, 0.15) is 94.7 Å². The van der Waals surface area contributed by atoms with Crippen LogP contribution in [-0.4, -0.2) is 34.7 Å². The van der Waals surface area contributed by atoms with Crippen molar-refractivity contribution in [3.05, 3.63) is 29.1 Å². The number of thioether (sulfide) groups is 1. The number of oxazole rings is 1. The number of nitrogens with zero attached hydrogens (tertiary/aromatic N) is 2. The van der Waals surface area contributed by atoms with Gasteiger partial charge in [0.15, 0.2) is 6.29 Å². The van der Waals surface area contributed by atoms with Crippen molar-refractivity contribution in [2.75, 3.05) is 6.61 Å². The molecule has 2 aromatic rings. The number of hydrogen-bond acceptors (Lipinski definition) is 9. The van der Waals surface area contributed by atoms with E-state index in [0.717, 1.165) is 47.1 Å². The molecule has 3 N–H and O–H groups in total. The number of primary amides is 1. The van der Waals surface area contributed by atoms with Crippen LogP contribution in [0.15, 0.2) is 21.0 Å². The molecular weight excluding hydrogens is 488 g/mol. The number of aromatic nitrogens is 2. The number of amides is 2. The summed E-state index contributed by atoms with van der Waals surface area (Å²) in [5.41, 5.74) is 8.05. The number of hydroxylamine groups is 1. The van der Waals surface area contributed by atoms with E-state index in [1.54, 1.807) is 24.2 Å². The van der Waals surface area contributed by atoms with E-state index in [4.69, 9.17) is 19.7 Å². The topological polar surface area (TPSA) is 130 Å². The van der Waals surface area contributed by atoms with Crippen LogP contribution < -0.4 is 11.2 Å². The number of hydrogen-bond donors (Lipinski definition) is 2. The van der Waals surface area contributed by atoms with Crippen LogP contribution in [0.2, 0.25) is 0 Å². The molecule has 3 heterocycles. The lowest BCUT2D eigenvalue weighted by atomic mass is 9.94. The molecule has 0 spiro atoms. The van der Waals surface area contributed by atoms with Crippen molar-refractivity contribution in [1.29, 1.82) is 0 Å². The molecule has 2 amide bonds. The van der Waals surface area contributed by atoms with Crippen LogP contribution >= 0.6 is 23.1 Å². The highest BCUT2D eigenvalue weighted by Gasteiger charge is 2.22. The first-order valence-electron chi connectivity index (χ1n) is 12.1. The lowest BCUT2D eigenvalue weighted by molar-refractivity contribution is -0.200. The second-order valence-corrected chi connectivity index (χ2v) is 12.0. The standard InChI is InChI=1S/C24H36N4O5S2/c1-24(2,3)17-13-26-19(32-17)15-34-21-14-27-23(35-21)16(22(25)30)9-5-4-6-10-18(29)28-33-20-11-7-8-12-31-20/h13-14,16,20H,4-12,15H2,1-3H3,(H2,25,30)(H,28,29). The Morgan fingerprint density at radius 1 is 1.26 bits per heavy atom. The summed E-state index contributed by atoms with van der Waals surface area (Å²) in [4.78, 5) is 38.1. The summed E-state index contributed by atoms with van der Waals surface area (Å²) in [6.07, 6.45) is 9.34. The molecule has 1 saturated heterocycles. The Morgan fingerprint density at radius 2 is 2.09 bits per heavy atom. The van der Waals surface area contributed by atoms with Gasteiger partial charge >= 0.3 is 0 Å². The number of rotatable bonds is 13. The molecule has 35 heavy (non-hydrogen) atoms. The van der Waals surface area contributed by atoms with Crippen molar-refractivity contribution in [3.8, 4) is 0 Å². The number of carbonyl (C=O) groups is 2. The maximum absolute atomic E-state index is 12.1. The minimum absolute atomic E-state index is 0.0796. The van der Waals surface area contributed by atoms with E-state index in [1.807, 2.05) is 0 Å². The second-order valence-electron chi connectivity index (χ2n) is 9.67. The number of thiazole rings is 1. The fraction of sp³-hybridized carbons (Fsp3) is 0.667. The minimum Gasteiger partial charge on any atom is -0.444 e. The average Bonchev–Trinajstić information content (AvgIpc) is 3.49. The molecule has 0 radical (unpaired) electrons. The van der Waals surface area contributed by atoms with Crippen molar-refractivity contribution in [2.45, 2.75) is 99.7 Å². The van der Waals surface area contributed by atoms with Crippen molar-refractivity contribution < 1.29 is 23.6 Å². The summed E-state index contributed by atoms with van der Waals surface area (Å²) < 4.78 is 12.2. The number of nitrogens with one attached hydrogen (secondary N) is 1. The lowest BCUT2D eigenvalue weighted by Gasteiger charge is -2.22. The van der Waals surface area contributed by atoms with Gasteiger partial charge in [0, 0.05) is 24.9 Å². The van der Waals surface area contributed by atoms with E-state index in [0.29, 0.717) is 37.5 Å². The van der Waals surface area contributed by atoms with E-state index < -0.39 is 5.92 Å². The Hall–Kier alpha value is -1.95. The van der Waals surface area contributed by atoms with Crippen LogP contribution in [0.3, 0.4) is 0 Å². The molecule has 0 aliphatic carbocycles. The molecule has 0 bridgehead atoms. The van der Waals surface area contributed by atoms with E-state index in [9.17, 15) is 9.59 Å². The number of ether oxygens (including phenoxy) is 1. The van der Waals surface area contributed by atoms with Crippen molar-refractivity contribution in [1.82, 2.24) is 15.4 Å². The van der Waals surface area contributed by atoms with Gasteiger partial charge < -0.3 is 14.9 Å². The largest absolute Gasteiger partial charge is 0.444 e. The third-order valence-corrected chi connectivity index (χ3v) is 7.90. The van der Waals surface area contributed by atoms with Gasteiger partial charge in [0.2, 0.25) is 17.7 Å². The van der Waals surface area contributed by atoms with E-state index in [1.165, 1.54) is 11.3 Å². The van der Waals surface area contributed by atoms with E-state index >= 15 is 0 Å². The molecular formula is C24H36N4O5S2. The average molecular weight is 525 g/mol. The van der Waals surface area contributed by atoms with Gasteiger partial charge in [-0.25, -0.2) is 20.3 Å². The van der Waals surface area contributed by atoms with Gasteiger partial charge in [0.25, 0.3) is 0 Å². The first-order valence-corrected chi connectivity index (χ1v) is 13.9. The zero-order valence-electron chi connectivity index (χ0n) is 20.7. The molecule has 2 aromatic heterocycles. The van der Waals surface area contributed by atoms with Gasteiger partial charge in [-0.2, -0.15) is 0 Å². The Balaban J connectivity index is 1.36. The zero-order valence-corrected chi connectivity index (χ0v) is 22.3. The molecule has 2 unspecified atom stereocenters. The minimum atomic E-state index is -0.427. The maximum atomic E-state index is 12.1. The normalized spacial score (nSPS) is 17.3. The summed E-state index contributed by atoms with van der Waals surface area (Å²) in [6.45, 7) is 6.92. The molecule has 0 aromatic carbocycles. The van der Waals surface area contributed by atoms with Crippen LogP contribution in [0.25, 0.3) is 0 Å². The SMILES string of the molecule is CC(C)(C)c1cnc(CSc2cnc(C(CCCCCC(=O)NOC3CCCCO3)C(N)=O)s2)o1. The summed E-state index contributed by atoms with van der Waals surface area (Å²) >= 11 is 3.06. The molecule has 3 rings (SSSR count). The van der Waals surface area contributed by atoms with Gasteiger partial charge in [-0.05, 0) is 25.7 Å². The predicted molar refractivity (Wildman–Crippen MR) is 135 cm³/mol. The Morgan fingerprint density at radius 3 is 2.77 bits per heavy atom. The van der Waals surface area contributed by atoms with E-state index in [2.05, 4.69) is 36.2 Å².